The van der Waals surface area contributed by atoms with Crippen molar-refractivity contribution in [3.05, 3.63) is 0 Å². The smallest absolute Gasteiger partial charge is 0.323 e. The fraction of sp³-hybridized carbons (Fsp3) is 0.929. The van der Waals surface area contributed by atoms with Gasteiger partial charge in [-0.15, -0.1) is 0 Å². The Bertz CT molecular complexity index is 302. The van der Waals surface area contributed by atoms with E-state index in [4.69, 9.17) is 0 Å². The van der Waals surface area contributed by atoms with Gasteiger partial charge in [0.15, 0.2) is 0 Å². The van der Waals surface area contributed by atoms with Crippen LogP contribution in [0.1, 0.15) is 58.8 Å². The lowest BCUT2D eigenvalue weighted by Gasteiger charge is -2.28. The fourth-order valence-corrected chi connectivity index (χ4v) is 5.14. The molecular weight excluding hydrogens is 246 g/mol. The van der Waals surface area contributed by atoms with Crippen LogP contribution in [0.15, 0.2) is 0 Å². The van der Waals surface area contributed by atoms with Gasteiger partial charge in [-0.25, -0.2) is 0 Å². The summed E-state index contributed by atoms with van der Waals surface area (Å²) in [5.41, 5.74) is -0.662. The molecule has 2 rings (SSSR count). The molecule has 0 bridgehead atoms. The van der Waals surface area contributed by atoms with Crippen LogP contribution in [0, 0.1) is 0 Å². The fourth-order valence-electron chi connectivity index (χ4n) is 3.35. The molecule has 0 radical (unpaired) electrons. The van der Waals surface area contributed by atoms with Crippen LogP contribution in [-0.2, 0) is 4.79 Å². The molecule has 2 atom stereocenters. The summed E-state index contributed by atoms with van der Waals surface area (Å²) in [5, 5.41) is 14.1. The molecule has 2 N–H and O–H groups in total. The third-order valence-electron chi connectivity index (χ3n) is 4.13. The zero-order valence-corrected chi connectivity index (χ0v) is 12.3. The van der Waals surface area contributed by atoms with Gasteiger partial charge in [-0.05, 0) is 46.0 Å². The minimum absolute atomic E-state index is 0.233. The molecule has 0 aromatic rings. The third kappa shape index (κ3) is 3.21. The topological polar surface area (TPSA) is 49.3 Å². The predicted molar refractivity (Wildman–Crippen MR) is 76.1 cm³/mol. The molecule has 2 fully saturated rings. The Morgan fingerprint density at radius 1 is 1.28 bits per heavy atom. The minimum Gasteiger partial charge on any atom is -0.480 e. The average Bonchev–Trinajstić information content (AvgIpc) is 2.89. The van der Waals surface area contributed by atoms with Crippen molar-refractivity contribution >= 4 is 17.7 Å². The quantitative estimate of drug-likeness (QED) is 0.807. The van der Waals surface area contributed by atoms with Gasteiger partial charge in [0.1, 0.15) is 5.54 Å². The molecule has 2 saturated carbocycles. The van der Waals surface area contributed by atoms with Crippen LogP contribution in [-0.4, -0.2) is 33.2 Å². The highest BCUT2D eigenvalue weighted by molar-refractivity contribution is 8.00. The van der Waals surface area contributed by atoms with Gasteiger partial charge in [0.05, 0.1) is 0 Å². The maximum absolute atomic E-state index is 11.6. The van der Waals surface area contributed by atoms with Crippen molar-refractivity contribution in [2.45, 2.75) is 80.9 Å². The van der Waals surface area contributed by atoms with Crippen LogP contribution in [0.4, 0.5) is 0 Å². The number of carbonyl (C=O) groups is 1. The molecule has 2 aliphatic carbocycles. The monoisotopic (exact) mass is 271 g/mol. The van der Waals surface area contributed by atoms with Crippen molar-refractivity contribution in [2.24, 2.45) is 0 Å². The van der Waals surface area contributed by atoms with Gasteiger partial charge in [-0.3, -0.25) is 10.1 Å². The highest BCUT2D eigenvalue weighted by atomic mass is 32.2. The normalized spacial score (nSPS) is 33.4. The van der Waals surface area contributed by atoms with E-state index in [0.717, 1.165) is 24.5 Å². The third-order valence-corrected chi connectivity index (χ3v) is 5.77. The van der Waals surface area contributed by atoms with E-state index >= 15 is 0 Å². The molecular formula is C14H25NO2S. The van der Waals surface area contributed by atoms with Crippen molar-refractivity contribution in [3.63, 3.8) is 0 Å². The van der Waals surface area contributed by atoms with Gasteiger partial charge in [0.2, 0.25) is 0 Å². The number of carboxylic acids is 1. The molecule has 2 aliphatic rings. The largest absolute Gasteiger partial charge is 0.480 e. The number of rotatable bonds is 5. The lowest BCUT2D eigenvalue weighted by Crippen LogP contribution is -2.53. The first-order valence-corrected chi connectivity index (χ1v) is 8.13. The molecule has 0 aliphatic heterocycles. The Morgan fingerprint density at radius 3 is 2.50 bits per heavy atom. The summed E-state index contributed by atoms with van der Waals surface area (Å²) in [6, 6.07) is 0.233. The Balaban J connectivity index is 1.92. The number of hydrogen-bond acceptors (Lipinski definition) is 3. The maximum atomic E-state index is 11.6. The molecule has 0 spiro atoms. The van der Waals surface area contributed by atoms with Crippen molar-refractivity contribution < 1.29 is 9.90 Å². The Kier molecular flexibility index (Phi) is 4.59. The van der Waals surface area contributed by atoms with Crippen LogP contribution in [0.5, 0.6) is 0 Å². The number of hydrogen-bond donors (Lipinski definition) is 2. The molecule has 0 amide bonds. The Hall–Kier alpha value is -0.220. The first kappa shape index (κ1) is 14.2. The SMILES string of the molecule is CC(C)NC1(C(=O)O)CCC(SC2CCCC2)C1. The van der Waals surface area contributed by atoms with Gasteiger partial charge in [0.25, 0.3) is 0 Å². The molecule has 3 nitrogen and oxygen atoms in total. The van der Waals surface area contributed by atoms with Crippen molar-refractivity contribution in [1.82, 2.24) is 5.32 Å². The van der Waals surface area contributed by atoms with E-state index in [2.05, 4.69) is 17.1 Å². The predicted octanol–water partition coefficient (Wildman–Crippen LogP) is 3.04. The summed E-state index contributed by atoms with van der Waals surface area (Å²) in [7, 11) is 0. The zero-order chi connectivity index (χ0) is 13.2. The molecule has 104 valence electrons. The Labute approximate surface area is 114 Å². The second-order valence-corrected chi connectivity index (χ2v) is 7.70. The van der Waals surface area contributed by atoms with Gasteiger partial charge >= 0.3 is 5.97 Å². The second kappa shape index (κ2) is 5.83. The first-order chi connectivity index (χ1) is 8.52. The number of thioether (sulfide) groups is 1. The second-order valence-electron chi connectivity index (χ2n) is 6.09. The summed E-state index contributed by atoms with van der Waals surface area (Å²) in [6.45, 7) is 4.06. The van der Waals surface area contributed by atoms with Gasteiger partial charge in [-0.1, -0.05) is 12.8 Å². The number of carboxylic acid groups (broad SMARTS) is 1. The van der Waals surface area contributed by atoms with Crippen molar-refractivity contribution in [1.29, 1.82) is 0 Å². The summed E-state index contributed by atoms with van der Waals surface area (Å²) >= 11 is 2.06. The van der Waals surface area contributed by atoms with Crippen molar-refractivity contribution in [3.8, 4) is 0 Å². The summed E-state index contributed by atoms with van der Waals surface area (Å²) < 4.78 is 0. The van der Waals surface area contributed by atoms with E-state index in [9.17, 15) is 9.90 Å². The summed E-state index contributed by atoms with van der Waals surface area (Å²) in [5.74, 6) is -0.661. The number of aliphatic carboxylic acids is 1. The minimum atomic E-state index is -0.662. The molecule has 0 aromatic heterocycles. The van der Waals surface area contributed by atoms with E-state index in [1.54, 1.807) is 0 Å². The lowest BCUT2D eigenvalue weighted by molar-refractivity contribution is -0.145. The van der Waals surface area contributed by atoms with Crippen LogP contribution in [0.25, 0.3) is 0 Å². The van der Waals surface area contributed by atoms with Crippen LogP contribution >= 0.6 is 11.8 Å². The van der Waals surface area contributed by atoms with E-state index in [-0.39, 0.29) is 6.04 Å². The molecule has 4 heteroatoms. The average molecular weight is 271 g/mol. The van der Waals surface area contributed by atoms with E-state index in [1.165, 1.54) is 25.7 Å². The molecule has 18 heavy (non-hydrogen) atoms. The van der Waals surface area contributed by atoms with E-state index in [0.29, 0.717) is 5.25 Å². The molecule has 2 unspecified atom stereocenters. The highest BCUT2D eigenvalue weighted by Crippen LogP contribution is 2.42. The summed E-state index contributed by atoms with van der Waals surface area (Å²) in [6.07, 6.45) is 8.01. The van der Waals surface area contributed by atoms with Gasteiger partial charge < -0.3 is 5.11 Å². The standard InChI is InChI=1S/C14H25NO2S/c1-10(2)15-14(13(16)17)8-7-12(9-14)18-11-5-3-4-6-11/h10-12,15H,3-9H2,1-2H3,(H,16,17). The molecule has 0 heterocycles. The first-order valence-electron chi connectivity index (χ1n) is 7.18. The van der Waals surface area contributed by atoms with Crippen molar-refractivity contribution in [2.75, 3.05) is 0 Å². The highest BCUT2D eigenvalue weighted by Gasteiger charge is 2.46. The van der Waals surface area contributed by atoms with E-state index < -0.39 is 11.5 Å². The molecule has 0 aromatic carbocycles. The van der Waals surface area contributed by atoms with Crippen LogP contribution in [0.2, 0.25) is 0 Å². The maximum Gasteiger partial charge on any atom is 0.323 e. The Morgan fingerprint density at radius 2 is 1.94 bits per heavy atom. The van der Waals surface area contributed by atoms with Gasteiger partial charge in [-0.2, -0.15) is 11.8 Å². The van der Waals surface area contributed by atoms with Gasteiger partial charge in [0, 0.05) is 16.5 Å². The van der Waals surface area contributed by atoms with Crippen LogP contribution in [0.3, 0.4) is 0 Å². The lowest BCUT2D eigenvalue weighted by atomic mass is 9.97. The van der Waals surface area contributed by atoms with Crippen LogP contribution < -0.4 is 5.32 Å². The summed E-state index contributed by atoms with van der Waals surface area (Å²) in [4.78, 5) is 11.6. The molecule has 0 saturated heterocycles. The number of nitrogens with one attached hydrogen (secondary N) is 1. The zero-order valence-electron chi connectivity index (χ0n) is 11.4. The van der Waals surface area contributed by atoms with E-state index in [1.807, 2.05) is 13.8 Å².